The zero-order valence-corrected chi connectivity index (χ0v) is 14.7. The van der Waals surface area contributed by atoms with Gasteiger partial charge in [0.1, 0.15) is 0 Å². The van der Waals surface area contributed by atoms with E-state index in [0.29, 0.717) is 35.8 Å². The molecule has 1 N–H and O–H groups in total. The van der Waals surface area contributed by atoms with E-state index >= 15 is 0 Å². The summed E-state index contributed by atoms with van der Waals surface area (Å²) >= 11 is 1.35. The highest BCUT2D eigenvalue weighted by Gasteiger charge is 2.25. The summed E-state index contributed by atoms with van der Waals surface area (Å²) in [4.78, 5) is 42.2. The van der Waals surface area contributed by atoms with Crippen LogP contribution < -0.4 is 5.32 Å². The fourth-order valence-electron chi connectivity index (χ4n) is 2.56. The standard InChI is InChI=1S/C17H17N3O4S/c1-10(21)11-3-5-12(6-4-11)15(22)19-16-18-13-7-8-20(17(23)24-2)9-14(13)25-16/h3-6H,7-9H2,1-2H3,(H,18,19,22). The third-order valence-corrected chi connectivity index (χ3v) is 4.94. The van der Waals surface area contributed by atoms with E-state index in [1.54, 1.807) is 29.2 Å². The second kappa shape index (κ2) is 7.02. The zero-order chi connectivity index (χ0) is 18.0. The second-order valence-corrected chi connectivity index (χ2v) is 6.70. The number of ketones is 1. The molecule has 2 aromatic rings. The number of carbonyl (C=O) groups excluding carboxylic acids is 3. The van der Waals surface area contributed by atoms with Crippen LogP contribution >= 0.6 is 11.3 Å². The normalized spacial score (nSPS) is 13.1. The topological polar surface area (TPSA) is 88.6 Å². The number of methoxy groups -OCH3 is 1. The molecule has 0 spiro atoms. The highest BCUT2D eigenvalue weighted by atomic mass is 32.1. The maximum atomic E-state index is 12.3. The van der Waals surface area contributed by atoms with Crippen molar-refractivity contribution in [1.29, 1.82) is 0 Å². The lowest BCUT2D eigenvalue weighted by Gasteiger charge is -2.24. The fraction of sp³-hybridized carbons (Fsp3) is 0.294. The molecule has 0 atom stereocenters. The highest BCUT2D eigenvalue weighted by molar-refractivity contribution is 7.15. The maximum Gasteiger partial charge on any atom is 0.409 e. The first kappa shape index (κ1) is 17.1. The summed E-state index contributed by atoms with van der Waals surface area (Å²) in [6.45, 7) is 2.46. The van der Waals surface area contributed by atoms with Crippen LogP contribution in [0.25, 0.3) is 0 Å². The lowest BCUT2D eigenvalue weighted by Crippen LogP contribution is -2.35. The summed E-state index contributed by atoms with van der Waals surface area (Å²) in [7, 11) is 1.35. The average Bonchev–Trinajstić information content (AvgIpc) is 3.02. The molecule has 1 aromatic heterocycles. The molecule has 0 saturated heterocycles. The summed E-state index contributed by atoms with van der Waals surface area (Å²) in [5, 5.41) is 3.27. The third kappa shape index (κ3) is 3.69. The molecule has 1 aliphatic heterocycles. The van der Waals surface area contributed by atoms with Crippen molar-refractivity contribution in [3.63, 3.8) is 0 Å². The van der Waals surface area contributed by atoms with Gasteiger partial charge in [-0.3, -0.25) is 14.9 Å². The summed E-state index contributed by atoms with van der Waals surface area (Å²) < 4.78 is 4.74. The van der Waals surface area contributed by atoms with Crippen LogP contribution in [0.2, 0.25) is 0 Å². The number of rotatable bonds is 3. The van der Waals surface area contributed by atoms with E-state index in [2.05, 4.69) is 10.3 Å². The molecular formula is C17H17N3O4S. The highest BCUT2D eigenvalue weighted by Crippen LogP contribution is 2.28. The summed E-state index contributed by atoms with van der Waals surface area (Å²) in [5.41, 5.74) is 1.91. The number of fused-ring (bicyclic) bond motifs is 1. The van der Waals surface area contributed by atoms with E-state index in [-0.39, 0.29) is 17.8 Å². The molecule has 0 fully saturated rings. The Balaban J connectivity index is 1.70. The predicted octanol–water partition coefficient (Wildman–Crippen LogP) is 2.72. The second-order valence-electron chi connectivity index (χ2n) is 5.62. The quantitative estimate of drug-likeness (QED) is 0.851. The molecule has 3 rings (SSSR count). The number of hydrogen-bond donors (Lipinski definition) is 1. The van der Waals surface area contributed by atoms with Gasteiger partial charge in [-0.2, -0.15) is 0 Å². The molecule has 1 aromatic carbocycles. The Labute approximate surface area is 148 Å². The minimum atomic E-state index is -0.366. The van der Waals surface area contributed by atoms with Crippen LogP contribution in [0.4, 0.5) is 9.93 Å². The van der Waals surface area contributed by atoms with Crippen LogP contribution in [-0.4, -0.2) is 41.3 Å². The van der Waals surface area contributed by atoms with Crippen molar-refractivity contribution in [2.45, 2.75) is 19.9 Å². The lowest BCUT2D eigenvalue weighted by molar-refractivity contribution is 0.100. The number of anilines is 1. The summed E-state index contributed by atoms with van der Waals surface area (Å²) in [5.74, 6) is -0.333. The van der Waals surface area contributed by atoms with E-state index in [1.165, 1.54) is 25.4 Å². The molecule has 8 heteroatoms. The molecule has 2 amide bonds. The Morgan fingerprint density at radius 2 is 1.88 bits per heavy atom. The van der Waals surface area contributed by atoms with Crippen molar-refractivity contribution in [3.05, 3.63) is 46.0 Å². The van der Waals surface area contributed by atoms with Gasteiger partial charge in [-0.1, -0.05) is 23.5 Å². The van der Waals surface area contributed by atoms with E-state index in [9.17, 15) is 14.4 Å². The van der Waals surface area contributed by atoms with Crippen molar-refractivity contribution in [2.75, 3.05) is 19.0 Å². The van der Waals surface area contributed by atoms with Gasteiger partial charge in [0, 0.05) is 29.0 Å². The summed E-state index contributed by atoms with van der Waals surface area (Å²) in [6.07, 6.45) is 0.264. The van der Waals surface area contributed by atoms with Crippen LogP contribution in [0.3, 0.4) is 0 Å². The van der Waals surface area contributed by atoms with Gasteiger partial charge in [-0.15, -0.1) is 0 Å². The predicted molar refractivity (Wildman–Crippen MR) is 93.0 cm³/mol. The SMILES string of the molecule is COC(=O)N1CCc2nc(NC(=O)c3ccc(C(C)=O)cc3)sc2C1. The number of benzene rings is 1. The molecule has 7 nitrogen and oxygen atoms in total. The molecule has 0 aliphatic carbocycles. The van der Waals surface area contributed by atoms with Gasteiger partial charge in [0.2, 0.25) is 0 Å². The summed E-state index contributed by atoms with van der Waals surface area (Å²) in [6, 6.07) is 6.47. The molecule has 2 heterocycles. The molecule has 0 unspecified atom stereocenters. The Morgan fingerprint density at radius 3 is 2.52 bits per heavy atom. The minimum Gasteiger partial charge on any atom is -0.453 e. The Hall–Kier alpha value is -2.74. The molecule has 0 saturated carbocycles. The first-order chi connectivity index (χ1) is 12.0. The van der Waals surface area contributed by atoms with Gasteiger partial charge in [-0.25, -0.2) is 9.78 Å². The Bertz CT molecular complexity index is 829. The number of Topliss-reactive ketones (excluding diaryl/α,β-unsaturated/α-hetero) is 1. The molecular weight excluding hydrogens is 342 g/mol. The number of carbonyl (C=O) groups is 3. The van der Waals surface area contributed by atoms with Crippen LogP contribution in [0.5, 0.6) is 0 Å². The smallest absolute Gasteiger partial charge is 0.409 e. The number of nitrogens with one attached hydrogen (secondary N) is 1. The van der Waals surface area contributed by atoms with Crippen molar-refractivity contribution >= 4 is 34.3 Å². The van der Waals surface area contributed by atoms with Gasteiger partial charge in [0.05, 0.1) is 19.3 Å². The number of thiazole rings is 1. The van der Waals surface area contributed by atoms with Crippen LogP contribution in [0, 0.1) is 0 Å². The van der Waals surface area contributed by atoms with Gasteiger partial charge < -0.3 is 9.64 Å². The van der Waals surface area contributed by atoms with Gasteiger partial charge in [-0.05, 0) is 19.1 Å². The average molecular weight is 359 g/mol. The fourth-order valence-corrected chi connectivity index (χ4v) is 3.58. The van der Waals surface area contributed by atoms with Crippen molar-refractivity contribution in [3.8, 4) is 0 Å². The zero-order valence-electron chi connectivity index (χ0n) is 13.9. The minimum absolute atomic E-state index is 0.0466. The molecule has 1 aliphatic rings. The lowest BCUT2D eigenvalue weighted by atomic mass is 10.1. The monoisotopic (exact) mass is 359 g/mol. The van der Waals surface area contributed by atoms with E-state index in [0.717, 1.165) is 10.6 Å². The van der Waals surface area contributed by atoms with Crippen LogP contribution in [-0.2, 0) is 17.7 Å². The molecule has 25 heavy (non-hydrogen) atoms. The number of ether oxygens (including phenoxy) is 1. The largest absolute Gasteiger partial charge is 0.453 e. The Morgan fingerprint density at radius 1 is 1.20 bits per heavy atom. The first-order valence-corrected chi connectivity index (χ1v) is 8.53. The number of hydrogen-bond acceptors (Lipinski definition) is 6. The third-order valence-electron chi connectivity index (χ3n) is 3.94. The molecule has 0 bridgehead atoms. The van der Waals surface area contributed by atoms with Crippen molar-refractivity contribution < 1.29 is 19.1 Å². The number of amides is 2. The van der Waals surface area contributed by atoms with Gasteiger partial charge in [0.25, 0.3) is 5.91 Å². The van der Waals surface area contributed by atoms with E-state index < -0.39 is 0 Å². The first-order valence-electron chi connectivity index (χ1n) is 7.71. The number of aromatic nitrogens is 1. The number of nitrogens with zero attached hydrogens (tertiary/aromatic N) is 2. The van der Waals surface area contributed by atoms with Crippen LogP contribution in [0.15, 0.2) is 24.3 Å². The van der Waals surface area contributed by atoms with E-state index in [1.807, 2.05) is 0 Å². The molecule has 0 radical (unpaired) electrons. The maximum absolute atomic E-state index is 12.3. The molecule has 130 valence electrons. The van der Waals surface area contributed by atoms with Crippen molar-refractivity contribution in [1.82, 2.24) is 9.88 Å². The van der Waals surface area contributed by atoms with Crippen LogP contribution in [0.1, 0.15) is 38.2 Å². The van der Waals surface area contributed by atoms with Crippen molar-refractivity contribution in [2.24, 2.45) is 0 Å². The van der Waals surface area contributed by atoms with Gasteiger partial charge >= 0.3 is 6.09 Å². The Kier molecular flexibility index (Phi) is 4.80. The van der Waals surface area contributed by atoms with Gasteiger partial charge in [0.15, 0.2) is 10.9 Å². The van der Waals surface area contributed by atoms with E-state index in [4.69, 9.17) is 4.74 Å².